The zero-order valence-corrected chi connectivity index (χ0v) is 12.7. The number of nitrogens with zero attached hydrogens (tertiary/aromatic N) is 2. The van der Waals surface area contributed by atoms with Crippen LogP contribution in [0.5, 0.6) is 0 Å². The van der Waals surface area contributed by atoms with Gasteiger partial charge in [0.15, 0.2) is 0 Å². The third-order valence-electron chi connectivity index (χ3n) is 4.14. The van der Waals surface area contributed by atoms with Crippen LogP contribution in [0, 0.1) is 0 Å². The van der Waals surface area contributed by atoms with E-state index in [1.165, 1.54) is 0 Å². The second kappa shape index (κ2) is 6.46. The van der Waals surface area contributed by atoms with E-state index in [4.69, 9.17) is 0 Å². The fourth-order valence-electron chi connectivity index (χ4n) is 2.95. The van der Waals surface area contributed by atoms with Crippen LogP contribution in [0.4, 0.5) is 0 Å². The van der Waals surface area contributed by atoms with Gasteiger partial charge in [0, 0.05) is 32.5 Å². The molecule has 1 aliphatic rings. The van der Waals surface area contributed by atoms with E-state index in [9.17, 15) is 9.90 Å². The number of hydrogen-bond donors (Lipinski definition) is 3. The Morgan fingerprint density at radius 1 is 1.45 bits per heavy atom. The maximum Gasteiger partial charge on any atom is 0.222 e. The predicted molar refractivity (Wildman–Crippen MR) is 84.5 cm³/mol. The first-order valence-electron chi connectivity index (χ1n) is 7.81. The van der Waals surface area contributed by atoms with E-state index < -0.39 is 6.10 Å². The molecule has 2 aromatic rings. The Bertz CT molecular complexity index is 667. The van der Waals surface area contributed by atoms with Crippen molar-refractivity contribution in [3.63, 3.8) is 0 Å². The molecule has 1 aromatic carbocycles. The van der Waals surface area contributed by atoms with Crippen molar-refractivity contribution in [2.24, 2.45) is 0 Å². The van der Waals surface area contributed by atoms with Gasteiger partial charge in [0.25, 0.3) is 0 Å². The summed E-state index contributed by atoms with van der Waals surface area (Å²) < 4.78 is 2.11. The number of amides is 1. The molecule has 1 saturated heterocycles. The molecular formula is C16H22N4O2. The standard InChI is InChI=1S/C16H22N4O2/c1-2-15-18-11-5-3-4-6-13(11)20(15)8-7-16(22)19-12-9-17-10-14(12)21/h3-6,12,14,17,21H,2,7-10H2,1H3,(H,19,22)/t12-,14-/m1/s1. The van der Waals surface area contributed by atoms with Crippen molar-refractivity contribution in [1.29, 1.82) is 0 Å². The molecule has 0 bridgehead atoms. The Labute approximate surface area is 129 Å². The Kier molecular flexibility index (Phi) is 4.40. The monoisotopic (exact) mass is 302 g/mol. The van der Waals surface area contributed by atoms with Gasteiger partial charge in [0.05, 0.1) is 23.2 Å². The van der Waals surface area contributed by atoms with Gasteiger partial charge in [-0.1, -0.05) is 19.1 Å². The molecule has 6 heteroatoms. The molecule has 3 N–H and O–H groups in total. The SMILES string of the molecule is CCc1nc2ccccc2n1CCC(=O)N[C@@H]1CNC[C@H]1O. The van der Waals surface area contributed by atoms with Crippen molar-refractivity contribution < 1.29 is 9.90 Å². The van der Waals surface area contributed by atoms with Crippen molar-refractivity contribution in [2.75, 3.05) is 13.1 Å². The second-order valence-electron chi connectivity index (χ2n) is 5.67. The number of aromatic nitrogens is 2. The molecule has 1 aliphatic heterocycles. The van der Waals surface area contributed by atoms with Gasteiger partial charge in [-0.15, -0.1) is 0 Å². The molecule has 1 fully saturated rings. The highest BCUT2D eigenvalue weighted by Crippen LogP contribution is 2.17. The minimum atomic E-state index is -0.496. The molecule has 0 spiro atoms. The highest BCUT2D eigenvalue weighted by atomic mass is 16.3. The molecule has 2 heterocycles. The number of carbonyl (C=O) groups excluding carboxylic acids is 1. The van der Waals surface area contributed by atoms with E-state index in [0.29, 0.717) is 26.1 Å². The second-order valence-corrected chi connectivity index (χ2v) is 5.67. The molecule has 0 unspecified atom stereocenters. The number of fused-ring (bicyclic) bond motifs is 1. The number of para-hydroxylation sites is 2. The van der Waals surface area contributed by atoms with Gasteiger partial charge in [-0.25, -0.2) is 4.98 Å². The van der Waals surface area contributed by atoms with E-state index in [1.807, 2.05) is 24.3 Å². The molecule has 118 valence electrons. The predicted octanol–water partition coefficient (Wildman–Crippen LogP) is 0.438. The first-order chi connectivity index (χ1) is 10.7. The minimum absolute atomic E-state index is 0.0346. The molecule has 3 rings (SSSR count). The van der Waals surface area contributed by atoms with E-state index in [2.05, 4.69) is 27.1 Å². The zero-order chi connectivity index (χ0) is 15.5. The maximum absolute atomic E-state index is 12.1. The van der Waals surface area contributed by atoms with Gasteiger partial charge in [0.2, 0.25) is 5.91 Å². The third-order valence-corrected chi connectivity index (χ3v) is 4.14. The number of aryl methyl sites for hydroxylation is 2. The summed E-state index contributed by atoms with van der Waals surface area (Å²) >= 11 is 0. The summed E-state index contributed by atoms with van der Waals surface area (Å²) in [4.78, 5) is 16.7. The van der Waals surface area contributed by atoms with Gasteiger partial charge in [-0.05, 0) is 12.1 Å². The summed E-state index contributed by atoms with van der Waals surface area (Å²) in [5.74, 6) is 0.962. The van der Waals surface area contributed by atoms with Gasteiger partial charge in [-0.2, -0.15) is 0 Å². The molecule has 6 nitrogen and oxygen atoms in total. The number of rotatable bonds is 5. The lowest BCUT2D eigenvalue weighted by Gasteiger charge is -2.16. The van der Waals surface area contributed by atoms with E-state index >= 15 is 0 Å². The molecule has 22 heavy (non-hydrogen) atoms. The average molecular weight is 302 g/mol. The molecule has 1 aromatic heterocycles. The van der Waals surface area contributed by atoms with Crippen molar-refractivity contribution in [2.45, 2.75) is 38.5 Å². The van der Waals surface area contributed by atoms with Crippen LogP contribution in [-0.4, -0.2) is 45.8 Å². The zero-order valence-electron chi connectivity index (χ0n) is 12.7. The summed E-state index contributed by atoms with van der Waals surface area (Å²) in [5.41, 5.74) is 2.03. The van der Waals surface area contributed by atoms with E-state index in [1.54, 1.807) is 0 Å². The summed E-state index contributed by atoms with van der Waals surface area (Å²) in [7, 11) is 0. The number of aliphatic hydroxyl groups excluding tert-OH is 1. The number of benzene rings is 1. The number of nitrogens with one attached hydrogen (secondary N) is 2. The Hall–Kier alpha value is -1.92. The summed E-state index contributed by atoms with van der Waals surface area (Å²) in [6.45, 7) is 3.84. The topological polar surface area (TPSA) is 79.2 Å². The van der Waals surface area contributed by atoms with Crippen molar-refractivity contribution >= 4 is 16.9 Å². The van der Waals surface area contributed by atoms with Gasteiger partial charge in [-0.3, -0.25) is 4.79 Å². The number of carbonyl (C=O) groups is 1. The number of β-amino-alcohol motifs (C(OH)–C–C–N with tert-alkyl or cyclic N) is 1. The van der Waals surface area contributed by atoms with E-state index in [-0.39, 0.29) is 11.9 Å². The first kappa shape index (κ1) is 15.0. The van der Waals surface area contributed by atoms with E-state index in [0.717, 1.165) is 23.3 Å². The fraction of sp³-hybridized carbons (Fsp3) is 0.500. The lowest BCUT2D eigenvalue weighted by molar-refractivity contribution is -0.122. The maximum atomic E-state index is 12.1. The number of imidazole rings is 1. The average Bonchev–Trinajstić information content (AvgIpc) is 3.09. The Morgan fingerprint density at radius 2 is 2.27 bits per heavy atom. The Balaban J connectivity index is 1.67. The Morgan fingerprint density at radius 3 is 3.00 bits per heavy atom. The van der Waals surface area contributed by atoms with Crippen molar-refractivity contribution in [3.8, 4) is 0 Å². The minimum Gasteiger partial charge on any atom is -0.390 e. The van der Waals surface area contributed by atoms with Crippen LogP contribution in [0.3, 0.4) is 0 Å². The first-order valence-corrected chi connectivity index (χ1v) is 7.81. The van der Waals surface area contributed by atoms with Crippen LogP contribution in [0.25, 0.3) is 11.0 Å². The highest BCUT2D eigenvalue weighted by Gasteiger charge is 2.26. The van der Waals surface area contributed by atoms with Crippen LogP contribution in [0.1, 0.15) is 19.2 Å². The third kappa shape index (κ3) is 2.98. The molecule has 2 atom stereocenters. The normalized spacial score (nSPS) is 21.4. The van der Waals surface area contributed by atoms with Crippen LogP contribution >= 0.6 is 0 Å². The smallest absolute Gasteiger partial charge is 0.222 e. The summed E-state index contributed by atoms with van der Waals surface area (Å²) in [6, 6.07) is 7.80. The molecule has 0 radical (unpaired) electrons. The number of hydrogen-bond acceptors (Lipinski definition) is 4. The molecule has 1 amide bonds. The van der Waals surface area contributed by atoms with Crippen molar-refractivity contribution in [1.82, 2.24) is 20.2 Å². The van der Waals surface area contributed by atoms with Crippen LogP contribution in [-0.2, 0) is 17.8 Å². The quantitative estimate of drug-likeness (QED) is 0.749. The fourth-order valence-corrected chi connectivity index (χ4v) is 2.95. The lowest BCUT2D eigenvalue weighted by Crippen LogP contribution is -2.43. The lowest BCUT2D eigenvalue weighted by atomic mass is 10.2. The summed E-state index contributed by atoms with van der Waals surface area (Å²) in [6.07, 6.45) is 0.724. The van der Waals surface area contributed by atoms with Crippen molar-refractivity contribution in [3.05, 3.63) is 30.1 Å². The highest BCUT2D eigenvalue weighted by molar-refractivity contribution is 5.78. The van der Waals surface area contributed by atoms with Gasteiger partial charge < -0.3 is 20.3 Å². The molecule has 0 saturated carbocycles. The van der Waals surface area contributed by atoms with Crippen LogP contribution < -0.4 is 10.6 Å². The number of aliphatic hydroxyl groups is 1. The summed E-state index contributed by atoms with van der Waals surface area (Å²) in [5, 5.41) is 15.7. The van der Waals surface area contributed by atoms with Gasteiger partial charge in [0.1, 0.15) is 5.82 Å². The van der Waals surface area contributed by atoms with Crippen LogP contribution in [0.2, 0.25) is 0 Å². The molecule has 0 aliphatic carbocycles. The van der Waals surface area contributed by atoms with Crippen LogP contribution in [0.15, 0.2) is 24.3 Å². The largest absolute Gasteiger partial charge is 0.390 e. The molecular weight excluding hydrogens is 280 g/mol. The van der Waals surface area contributed by atoms with Gasteiger partial charge >= 0.3 is 0 Å².